The average molecular weight is 573 g/mol. The molecule has 6 N–H and O–H groups in total. The molecule has 1 aromatic carbocycles. The summed E-state index contributed by atoms with van der Waals surface area (Å²) in [4.78, 5) is 32.1. The third-order valence-electron chi connectivity index (χ3n) is 9.68. The van der Waals surface area contributed by atoms with E-state index in [2.05, 4.69) is 0 Å². The number of amides is 1. The number of phenols is 1. The van der Waals surface area contributed by atoms with Gasteiger partial charge in [0.25, 0.3) is 5.91 Å². The van der Waals surface area contributed by atoms with Crippen LogP contribution in [0.1, 0.15) is 40.7 Å². The molecule has 3 aliphatic carbocycles. The van der Waals surface area contributed by atoms with Crippen molar-refractivity contribution >= 4 is 17.4 Å². The van der Waals surface area contributed by atoms with Crippen molar-refractivity contribution in [2.45, 2.75) is 55.8 Å². The first kappa shape index (κ1) is 28.0. The van der Waals surface area contributed by atoms with Gasteiger partial charge in [0, 0.05) is 56.5 Å². The van der Waals surface area contributed by atoms with Gasteiger partial charge in [0.15, 0.2) is 11.4 Å². The number of aliphatic hydroxyl groups is 3. The Bertz CT molecular complexity index is 1420. The van der Waals surface area contributed by atoms with Crippen LogP contribution in [0.5, 0.6) is 5.75 Å². The molecule has 5 aliphatic rings. The van der Waals surface area contributed by atoms with Crippen LogP contribution in [0.15, 0.2) is 28.7 Å². The highest BCUT2D eigenvalue weighted by Crippen LogP contribution is 2.68. The molecule has 1 spiro atoms. The lowest BCUT2D eigenvalue weighted by molar-refractivity contribution is -0.117. The molecule has 2 saturated heterocycles. The molecular weight excluding hydrogens is 535 g/mol. The van der Waals surface area contributed by atoms with Gasteiger partial charge in [0.2, 0.25) is 5.79 Å². The summed E-state index contributed by atoms with van der Waals surface area (Å²) >= 11 is 0. The van der Waals surface area contributed by atoms with E-state index < -0.39 is 64.2 Å². The van der Waals surface area contributed by atoms with Crippen molar-refractivity contribution in [3.8, 4) is 5.75 Å². The van der Waals surface area contributed by atoms with Crippen LogP contribution in [-0.4, -0.2) is 107 Å². The van der Waals surface area contributed by atoms with Crippen LogP contribution in [-0.2, 0) is 22.5 Å². The smallest absolute Gasteiger partial charge is 0.253 e. The van der Waals surface area contributed by atoms with Crippen molar-refractivity contribution in [3.63, 3.8) is 0 Å². The first-order chi connectivity index (χ1) is 19.2. The number of carbonyl (C=O) groups is 2. The van der Waals surface area contributed by atoms with Gasteiger partial charge in [-0.05, 0) is 57.3 Å². The monoisotopic (exact) mass is 572 g/mol. The molecule has 6 rings (SSSR count). The number of piperidine rings is 1. The first-order valence-corrected chi connectivity index (χ1v) is 14.0. The van der Waals surface area contributed by atoms with Crippen molar-refractivity contribution in [3.05, 3.63) is 45.4 Å². The number of halogens is 1. The van der Waals surface area contributed by atoms with Crippen molar-refractivity contribution < 1.29 is 39.1 Å². The molecule has 0 saturated carbocycles. The van der Waals surface area contributed by atoms with E-state index in [0.717, 1.165) is 5.69 Å². The summed E-state index contributed by atoms with van der Waals surface area (Å²) < 4.78 is 19.5. The molecule has 0 radical (unpaired) electrons. The molecule has 222 valence electrons. The summed E-state index contributed by atoms with van der Waals surface area (Å²) in [7, 11) is 7.09. The number of nitrogens with zero attached hydrogens (tertiary/aromatic N) is 3. The topological polar surface area (TPSA) is 163 Å². The van der Waals surface area contributed by atoms with Crippen molar-refractivity contribution in [2.75, 3.05) is 46.2 Å². The van der Waals surface area contributed by atoms with Gasteiger partial charge in [-0.1, -0.05) is 0 Å². The lowest BCUT2D eigenvalue weighted by Gasteiger charge is -2.46. The van der Waals surface area contributed by atoms with Crippen LogP contribution < -0.4 is 10.6 Å². The molecular formula is C29H37FN4O7. The lowest BCUT2D eigenvalue weighted by atomic mass is 9.60. The standard InChI is InChI=1S/C29H37FN4O7/c1-32(2)18-11-14(12-34-7-5-15(30)6-8-34)23(35)20-16(18)9-13-10-17-22(33(3)4)25(37)21(27(31)39)29(40)28(17,41-29)26(38)19(13)24(20)36/h11,13,15,17,22,35,37-38,40H,5-10,12H2,1-4H3,(H2,31,39)/t13-,17-,22-,28-,29?/m0/s1. The second kappa shape index (κ2) is 9.15. The van der Waals surface area contributed by atoms with Gasteiger partial charge in [-0.2, -0.15) is 0 Å². The largest absolute Gasteiger partial charge is 0.510 e. The Morgan fingerprint density at radius 3 is 2.44 bits per heavy atom. The number of Topliss-reactive ketones (excluding diaryl/α,β-unsaturated/α-hetero) is 1. The Balaban J connectivity index is 1.48. The number of hydrogen-bond acceptors (Lipinski definition) is 10. The Morgan fingerprint density at radius 2 is 1.85 bits per heavy atom. The van der Waals surface area contributed by atoms with E-state index in [4.69, 9.17) is 10.5 Å². The lowest BCUT2D eigenvalue weighted by Crippen LogP contribution is -2.57. The van der Waals surface area contributed by atoms with Crippen molar-refractivity contribution in [2.24, 2.45) is 17.6 Å². The van der Waals surface area contributed by atoms with E-state index in [1.807, 2.05) is 30.0 Å². The molecule has 1 unspecified atom stereocenters. The number of carbonyl (C=O) groups excluding carboxylic acids is 2. The number of fused-ring (bicyclic) bond motifs is 2. The minimum Gasteiger partial charge on any atom is -0.510 e. The number of alkyl halides is 1. The first-order valence-electron chi connectivity index (χ1n) is 14.0. The number of hydrogen-bond donors (Lipinski definition) is 5. The maximum atomic E-state index is 14.2. The molecule has 11 nitrogen and oxygen atoms in total. The number of aliphatic hydroxyl groups excluding tert-OH is 2. The average Bonchev–Trinajstić information content (AvgIpc) is 3.51. The number of likely N-dealkylation sites (tertiary alicyclic amines) is 1. The fourth-order valence-electron chi connectivity index (χ4n) is 7.78. The van der Waals surface area contributed by atoms with Crippen LogP contribution in [0, 0.1) is 11.8 Å². The second-order valence-corrected chi connectivity index (χ2v) is 12.5. The summed E-state index contributed by atoms with van der Waals surface area (Å²) in [6.45, 7) is 1.40. The summed E-state index contributed by atoms with van der Waals surface area (Å²) in [5.41, 5.74) is 5.17. The minimum absolute atomic E-state index is 0.0165. The van der Waals surface area contributed by atoms with Gasteiger partial charge >= 0.3 is 0 Å². The quantitative estimate of drug-likeness (QED) is 0.325. The van der Waals surface area contributed by atoms with Gasteiger partial charge in [0.1, 0.15) is 29.0 Å². The van der Waals surface area contributed by atoms with Gasteiger partial charge in [-0.25, -0.2) is 4.39 Å². The van der Waals surface area contributed by atoms with Gasteiger partial charge < -0.3 is 35.8 Å². The number of phenolic OH excluding ortho intramolecular Hbond substituents is 1. The van der Waals surface area contributed by atoms with Gasteiger partial charge in [-0.15, -0.1) is 0 Å². The van der Waals surface area contributed by atoms with Crippen molar-refractivity contribution in [1.82, 2.24) is 9.80 Å². The maximum Gasteiger partial charge on any atom is 0.253 e. The van der Waals surface area contributed by atoms with Crippen LogP contribution >= 0.6 is 0 Å². The molecule has 12 heteroatoms. The highest BCUT2D eigenvalue weighted by atomic mass is 19.1. The minimum atomic E-state index is -2.38. The highest BCUT2D eigenvalue weighted by Gasteiger charge is 2.84. The van der Waals surface area contributed by atoms with E-state index in [1.165, 1.54) is 0 Å². The zero-order chi connectivity index (χ0) is 29.8. The fraction of sp³-hybridized carbons (Fsp3) is 0.586. The van der Waals surface area contributed by atoms with Crippen molar-refractivity contribution in [1.29, 1.82) is 0 Å². The molecule has 0 bridgehead atoms. The summed E-state index contributed by atoms with van der Waals surface area (Å²) in [6, 6.07) is 1.04. The van der Waals surface area contributed by atoms with Gasteiger partial charge in [-0.3, -0.25) is 19.4 Å². The second-order valence-electron chi connectivity index (χ2n) is 12.5. The van der Waals surface area contributed by atoms with E-state index in [0.29, 0.717) is 50.0 Å². The molecule has 2 fully saturated rings. The van der Waals surface area contributed by atoms with E-state index >= 15 is 0 Å². The number of anilines is 1. The number of benzene rings is 1. The number of primary amides is 1. The number of ketones is 1. The van der Waals surface area contributed by atoms with Crippen LogP contribution in [0.2, 0.25) is 0 Å². The Kier molecular flexibility index (Phi) is 6.24. The molecule has 1 amide bonds. The summed E-state index contributed by atoms with van der Waals surface area (Å²) in [6.07, 6.45) is 0.536. The fourth-order valence-corrected chi connectivity index (χ4v) is 7.78. The van der Waals surface area contributed by atoms with E-state index in [1.54, 1.807) is 19.0 Å². The Hall–Kier alpha value is -3.19. The predicted molar refractivity (Wildman–Crippen MR) is 146 cm³/mol. The van der Waals surface area contributed by atoms with Crippen LogP contribution in [0.25, 0.3) is 0 Å². The Morgan fingerprint density at radius 1 is 1.20 bits per heavy atom. The summed E-state index contributed by atoms with van der Waals surface area (Å²) in [5, 5.41) is 45.7. The molecule has 5 atom stereocenters. The predicted octanol–water partition coefficient (Wildman–Crippen LogP) is 1.28. The summed E-state index contributed by atoms with van der Waals surface area (Å²) in [5.74, 6) is -6.38. The number of epoxide rings is 1. The molecule has 1 aromatic rings. The molecule has 2 heterocycles. The van der Waals surface area contributed by atoms with E-state index in [-0.39, 0.29) is 23.3 Å². The van der Waals surface area contributed by atoms with E-state index in [9.17, 15) is 34.4 Å². The Labute approximate surface area is 237 Å². The number of nitrogens with two attached hydrogens (primary N) is 1. The zero-order valence-corrected chi connectivity index (χ0v) is 23.6. The zero-order valence-electron chi connectivity index (χ0n) is 23.6. The number of ether oxygens (including phenoxy) is 1. The number of aromatic hydroxyl groups is 1. The maximum absolute atomic E-state index is 14.2. The normalized spacial score (nSPS) is 33.3. The number of allylic oxidation sites excluding steroid dienone is 1. The molecule has 41 heavy (non-hydrogen) atoms. The SMILES string of the molecule is CN(C)c1cc(CN2CCC(F)CC2)c(O)c2c1C[C@H]1C[C@H]3[C@H](N(C)C)C(O)=C(C(N)=O)C4(O)O[C@]34C(O)=C1C2=O. The number of likely N-dealkylation sites (N-methyl/N-ethyl adjacent to an activating group) is 1. The third kappa shape index (κ3) is 3.70. The highest BCUT2D eigenvalue weighted by molar-refractivity contribution is 6.14. The van der Waals surface area contributed by atoms with Gasteiger partial charge in [0.05, 0.1) is 11.6 Å². The molecule has 0 aromatic heterocycles. The molecule has 2 aliphatic heterocycles. The van der Waals surface area contributed by atoms with Crippen LogP contribution in [0.3, 0.4) is 0 Å². The van der Waals surface area contributed by atoms with Crippen LogP contribution in [0.4, 0.5) is 10.1 Å². The number of rotatable bonds is 5. The third-order valence-corrected chi connectivity index (χ3v) is 9.68.